The molecule has 0 aromatic carbocycles. The van der Waals surface area contributed by atoms with Crippen molar-refractivity contribution < 1.29 is 9.84 Å². The Bertz CT molecular complexity index is 304. The number of aromatic nitrogens is 2. The van der Waals surface area contributed by atoms with Crippen LogP contribution in [0.2, 0.25) is 0 Å². The van der Waals surface area contributed by atoms with Gasteiger partial charge in [-0.1, -0.05) is 0 Å². The summed E-state index contributed by atoms with van der Waals surface area (Å²) < 4.78 is 4.98. The molecule has 1 atom stereocenters. The second-order valence-electron chi connectivity index (χ2n) is 3.01. The van der Waals surface area contributed by atoms with Crippen LogP contribution < -0.4 is 10.5 Å². The van der Waals surface area contributed by atoms with Gasteiger partial charge >= 0.3 is 0 Å². The highest BCUT2D eigenvalue weighted by molar-refractivity contribution is 5.19. The lowest BCUT2D eigenvalue weighted by molar-refractivity contribution is 0.275. The number of nitrogens with two attached hydrogens (primary N) is 1. The molecule has 0 spiro atoms. The quantitative estimate of drug-likeness (QED) is 0.719. The first kappa shape index (κ1) is 10.9. The molecule has 0 saturated carbocycles. The van der Waals surface area contributed by atoms with Crippen LogP contribution >= 0.6 is 0 Å². The summed E-state index contributed by atoms with van der Waals surface area (Å²) in [5.41, 5.74) is 7.15. The molecule has 3 N–H and O–H groups in total. The third-order valence-electron chi connectivity index (χ3n) is 1.93. The monoisotopic (exact) mass is 197 g/mol. The number of hydrogen-bond donors (Lipinski definition) is 2. The van der Waals surface area contributed by atoms with Gasteiger partial charge in [0.05, 0.1) is 30.7 Å². The Morgan fingerprint density at radius 1 is 1.64 bits per heavy atom. The highest BCUT2D eigenvalue weighted by atomic mass is 16.5. The third kappa shape index (κ3) is 2.40. The maximum Gasteiger partial charge on any atom is 0.235 e. The average molecular weight is 197 g/mol. The van der Waals surface area contributed by atoms with E-state index in [-0.39, 0.29) is 12.6 Å². The van der Waals surface area contributed by atoms with Crippen LogP contribution in [-0.2, 0) is 0 Å². The molecule has 5 nitrogen and oxygen atoms in total. The van der Waals surface area contributed by atoms with Gasteiger partial charge in [-0.25, -0.2) is 9.97 Å². The predicted molar refractivity (Wildman–Crippen MR) is 52.0 cm³/mol. The average Bonchev–Trinajstić information content (AvgIpc) is 2.18. The van der Waals surface area contributed by atoms with Crippen LogP contribution in [0.15, 0.2) is 6.20 Å². The number of aliphatic hydroxyl groups excluding tert-OH is 1. The van der Waals surface area contributed by atoms with Crippen molar-refractivity contribution in [2.75, 3.05) is 13.7 Å². The highest BCUT2D eigenvalue weighted by Crippen LogP contribution is 2.15. The third-order valence-corrected chi connectivity index (χ3v) is 1.93. The molecule has 0 radical (unpaired) electrons. The van der Waals surface area contributed by atoms with Crippen molar-refractivity contribution in [3.05, 3.63) is 17.6 Å². The summed E-state index contributed by atoms with van der Waals surface area (Å²) in [6.07, 6.45) is 2.06. The summed E-state index contributed by atoms with van der Waals surface area (Å²) in [5, 5.41) is 8.72. The SMILES string of the molecule is COc1ncc(C(N)CCO)nc1C. The Balaban J connectivity index is 2.85. The van der Waals surface area contributed by atoms with E-state index in [1.165, 1.54) is 0 Å². The van der Waals surface area contributed by atoms with Crippen molar-refractivity contribution in [1.82, 2.24) is 9.97 Å². The largest absolute Gasteiger partial charge is 0.480 e. The zero-order valence-corrected chi connectivity index (χ0v) is 8.40. The second-order valence-corrected chi connectivity index (χ2v) is 3.01. The molecule has 0 bridgehead atoms. The molecule has 1 aromatic rings. The molecule has 1 unspecified atom stereocenters. The molecule has 0 fully saturated rings. The minimum atomic E-state index is -0.267. The van der Waals surface area contributed by atoms with Gasteiger partial charge in [-0.2, -0.15) is 0 Å². The first-order valence-electron chi connectivity index (χ1n) is 4.43. The number of aryl methyl sites for hydroxylation is 1. The zero-order valence-electron chi connectivity index (χ0n) is 8.40. The Morgan fingerprint density at radius 3 is 2.86 bits per heavy atom. The van der Waals surface area contributed by atoms with E-state index >= 15 is 0 Å². The number of methoxy groups -OCH3 is 1. The van der Waals surface area contributed by atoms with Gasteiger partial charge in [0.25, 0.3) is 0 Å². The van der Waals surface area contributed by atoms with E-state index in [2.05, 4.69) is 9.97 Å². The van der Waals surface area contributed by atoms with Crippen molar-refractivity contribution in [3.8, 4) is 5.88 Å². The van der Waals surface area contributed by atoms with Gasteiger partial charge < -0.3 is 15.6 Å². The summed E-state index contributed by atoms with van der Waals surface area (Å²) in [5.74, 6) is 0.505. The van der Waals surface area contributed by atoms with Crippen molar-refractivity contribution in [3.63, 3.8) is 0 Å². The molecule has 0 saturated heterocycles. The normalized spacial score (nSPS) is 12.6. The Hall–Kier alpha value is -1.20. The second kappa shape index (κ2) is 4.88. The van der Waals surface area contributed by atoms with Gasteiger partial charge in [-0.3, -0.25) is 0 Å². The zero-order chi connectivity index (χ0) is 10.6. The lowest BCUT2D eigenvalue weighted by Crippen LogP contribution is -2.14. The van der Waals surface area contributed by atoms with Gasteiger partial charge in [0.15, 0.2) is 0 Å². The van der Waals surface area contributed by atoms with Crippen LogP contribution in [-0.4, -0.2) is 28.8 Å². The summed E-state index contributed by atoms with van der Waals surface area (Å²) in [4.78, 5) is 8.29. The van der Waals surface area contributed by atoms with Crippen molar-refractivity contribution >= 4 is 0 Å². The molecule has 0 aliphatic carbocycles. The van der Waals surface area contributed by atoms with Gasteiger partial charge in [0.2, 0.25) is 5.88 Å². The number of hydrogen-bond acceptors (Lipinski definition) is 5. The fraction of sp³-hybridized carbons (Fsp3) is 0.556. The first-order valence-corrected chi connectivity index (χ1v) is 4.43. The molecule has 0 aliphatic heterocycles. The van der Waals surface area contributed by atoms with Crippen LogP contribution in [0, 0.1) is 6.92 Å². The minimum absolute atomic E-state index is 0.0495. The highest BCUT2D eigenvalue weighted by Gasteiger charge is 2.09. The molecule has 0 amide bonds. The molecule has 0 aliphatic rings. The van der Waals surface area contributed by atoms with Crippen LogP contribution in [0.5, 0.6) is 5.88 Å². The molecular formula is C9H15N3O2. The Morgan fingerprint density at radius 2 is 2.36 bits per heavy atom. The standard InChI is InChI=1S/C9H15N3O2/c1-6-9(14-2)11-5-8(12-6)7(10)3-4-13/h5,7,13H,3-4,10H2,1-2H3. The molecular weight excluding hydrogens is 182 g/mol. The minimum Gasteiger partial charge on any atom is -0.480 e. The lowest BCUT2D eigenvalue weighted by Gasteiger charge is -2.10. The van der Waals surface area contributed by atoms with E-state index < -0.39 is 0 Å². The number of ether oxygens (including phenoxy) is 1. The molecule has 1 aromatic heterocycles. The summed E-state index contributed by atoms with van der Waals surface area (Å²) in [6.45, 7) is 1.86. The van der Waals surface area contributed by atoms with E-state index in [1.807, 2.05) is 0 Å². The smallest absolute Gasteiger partial charge is 0.235 e. The van der Waals surface area contributed by atoms with E-state index in [0.29, 0.717) is 23.7 Å². The summed E-state index contributed by atoms with van der Waals surface area (Å²) >= 11 is 0. The Kier molecular flexibility index (Phi) is 3.79. The molecule has 78 valence electrons. The predicted octanol–water partition coefficient (Wildman–Crippen LogP) is 0.176. The fourth-order valence-electron chi connectivity index (χ4n) is 1.15. The lowest BCUT2D eigenvalue weighted by atomic mass is 10.1. The Labute approximate surface area is 82.9 Å². The van der Waals surface area contributed by atoms with Crippen LogP contribution in [0.4, 0.5) is 0 Å². The van der Waals surface area contributed by atoms with Gasteiger partial charge in [-0.15, -0.1) is 0 Å². The fourth-order valence-corrected chi connectivity index (χ4v) is 1.15. The number of aliphatic hydroxyl groups is 1. The van der Waals surface area contributed by atoms with Gasteiger partial charge in [0, 0.05) is 6.61 Å². The van der Waals surface area contributed by atoms with Crippen LogP contribution in [0.25, 0.3) is 0 Å². The van der Waals surface area contributed by atoms with E-state index in [1.54, 1.807) is 20.2 Å². The summed E-state index contributed by atoms with van der Waals surface area (Å²) in [6, 6.07) is -0.267. The summed E-state index contributed by atoms with van der Waals surface area (Å²) in [7, 11) is 1.55. The maximum atomic E-state index is 8.72. The number of rotatable bonds is 4. The topological polar surface area (TPSA) is 81.3 Å². The molecule has 1 heterocycles. The van der Waals surface area contributed by atoms with E-state index in [0.717, 1.165) is 0 Å². The van der Waals surface area contributed by atoms with Crippen molar-refractivity contribution in [1.29, 1.82) is 0 Å². The number of nitrogens with zero attached hydrogens (tertiary/aromatic N) is 2. The van der Waals surface area contributed by atoms with Gasteiger partial charge in [0.1, 0.15) is 0 Å². The van der Waals surface area contributed by atoms with Crippen LogP contribution in [0.1, 0.15) is 23.9 Å². The molecule has 5 heteroatoms. The van der Waals surface area contributed by atoms with Gasteiger partial charge in [-0.05, 0) is 13.3 Å². The van der Waals surface area contributed by atoms with E-state index in [4.69, 9.17) is 15.6 Å². The van der Waals surface area contributed by atoms with E-state index in [9.17, 15) is 0 Å². The first-order chi connectivity index (χ1) is 6.69. The molecule has 14 heavy (non-hydrogen) atoms. The van der Waals surface area contributed by atoms with Crippen molar-refractivity contribution in [2.45, 2.75) is 19.4 Å². The van der Waals surface area contributed by atoms with Crippen molar-refractivity contribution in [2.24, 2.45) is 5.73 Å². The van der Waals surface area contributed by atoms with Crippen LogP contribution in [0.3, 0.4) is 0 Å². The maximum absolute atomic E-state index is 8.72. The molecule has 1 rings (SSSR count).